The molecule has 2 heteroatoms. The third-order valence-corrected chi connectivity index (χ3v) is 5.37. The summed E-state index contributed by atoms with van der Waals surface area (Å²) in [5.74, 6) is 1.49. The fourth-order valence-corrected chi connectivity index (χ4v) is 4.31. The van der Waals surface area contributed by atoms with Crippen LogP contribution < -0.4 is 5.32 Å². The molecule has 4 atom stereocenters. The van der Waals surface area contributed by atoms with Crippen molar-refractivity contribution in [3.8, 4) is 0 Å². The highest BCUT2D eigenvalue weighted by molar-refractivity contribution is 5.34. The van der Waals surface area contributed by atoms with Gasteiger partial charge in [-0.1, -0.05) is 74.5 Å². The first-order valence-electron chi connectivity index (χ1n) is 9.19. The van der Waals surface area contributed by atoms with Crippen LogP contribution in [0.4, 0.5) is 0 Å². The minimum atomic E-state index is 0.266. The van der Waals surface area contributed by atoms with Gasteiger partial charge in [-0.05, 0) is 29.9 Å². The maximum Gasteiger partial charge on any atom is 0.0431 e. The summed E-state index contributed by atoms with van der Waals surface area (Å²) < 4.78 is 0. The SMILES string of the molecule is CC(C)[C@@H]1N[C@H](CCCO)[C@@H](c2ccccc2)[C@@H]1c1ccccc1. The second-order valence-corrected chi connectivity index (χ2v) is 7.28. The molecule has 0 aliphatic carbocycles. The topological polar surface area (TPSA) is 32.3 Å². The van der Waals surface area contributed by atoms with Crippen molar-refractivity contribution in [1.82, 2.24) is 5.32 Å². The Morgan fingerprint density at radius 2 is 1.42 bits per heavy atom. The zero-order valence-corrected chi connectivity index (χ0v) is 14.7. The first kappa shape index (κ1) is 17.2. The summed E-state index contributed by atoms with van der Waals surface area (Å²) in [5, 5.41) is 13.2. The van der Waals surface area contributed by atoms with Gasteiger partial charge in [-0.3, -0.25) is 0 Å². The quantitative estimate of drug-likeness (QED) is 0.829. The maximum absolute atomic E-state index is 9.31. The number of nitrogens with one attached hydrogen (secondary N) is 1. The predicted octanol–water partition coefficient (Wildman–Crippen LogP) is 4.32. The monoisotopic (exact) mass is 323 g/mol. The van der Waals surface area contributed by atoms with Crippen molar-refractivity contribution in [3.05, 3.63) is 71.8 Å². The van der Waals surface area contributed by atoms with Gasteiger partial charge in [0.2, 0.25) is 0 Å². The van der Waals surface area contributed by atoms with E-state index in [9.17, 15) is 5.11 Å². The van der Waals surface area contributed by atoms with Crippen LogP contribution in [-0.2, 0) is 0 Å². The molecule has 3 rings (SSSR count). The average Bonchev–Trinajstić information content (AvgIpc) is 3.01. The largest absolute Gasteiger partial charge is 0.396 e. The van der Waals surface area contributed by atoms with Crippen LogP contribution in [0.15, 0.2) is 60.7 Å². The molecule has 2 aromatic rings. The first-order chi connectivity index (χ1) is 11.7. The van der Waals surface area contributed by atoms with Crippen LogP contribution in [0.3, 0.4) is 0 Å². The smallest absolute Gasteiger partial charge is 0.0431 e. The average molecular weight is 323 g/mol. The highest BCUT2D eigenvalue weighted by Gasteiger charge is 2.44. The van der Waals surface area contributed by atoms with Crippen molar-refractivity contribution in [3.63, 3.8) is 0 Å². The lowest BCUT2D eigenvalue weighted by molar-refractivity contribution is 0.273. The molecule has 1 heterocycles. The lowest BCUT2D eigenvalue weighted by Crippen LogP contribution is -2.35. The maximum atomic E-state index is 9.31. The summed E-state index contributed by atoms with van der Waals surface area (Å²) in [5.41, 5.74) is 2.83. The van der Waals surface area contributed by atoms with E-state index in [1.165, 1.54) is 11.1 Å². The highest BCUT2D eigenvalue weighted by Crippen LogP contribution is 2.46. The summed E-state index contributed by atoms with van der Waals surface area (Å²) in [6, 6.07) is 22.7. The van der Waals surface area contributed by atoms with Gasteiger partial charge >= 0.3 is 0 Å². The number of aliphatic hydroxyl groups is 1. The molecule has 0 unspecified atom stereocenters. The predicted molar refractivity (Wildman–Crippen MR) is 100 cm³/mol. The van der Waals surface area contributed by atoms with Gasteiger partial charge in [0.1, 0.15) is 0 Å². The Bertz CT molecular complexity index is 610. The number of rotatable bonds is 6. The molecule has 0 radical (unpaired) electrons. The third kappa shape index (κ3) is 3.55. The fourth-order valence-electron chi connectivity index (χ4n) is 4.31. The van der Waals surface area contributed by atoms with Crippen molar-refractivity contribution in [2.24, 2.45) is 5.92 Å². The van der Waals surface area contributed by atoms with Gasteiger partial charge in [0.25, 0.3) is 0 Å². The van der Waals surface area contributed by atoms with Crippen LogP contribution >= 0.6 is 0 Å². The molecular formula is C22H29NO. The van der Waals surface area contributed by atoms with Gasteiger partial charge in [0.15, 0.2) is 0 Å². The van der Waals surface area contributed by atoms with Gasteiger partial charge in [0.05, 0.1) is 0 Å². The molecule has 0 bridgehead atoms. The molecule has 0 aromatic heterocycles. The molecule has 24 heavy (non-hydrogen) atoms. The molecule has 1 saturated heterocycles. The molecular weight excluding hydrogens is 294 g/mol. The molecule has 2 N–H and O–H groups in total. The summed E-state index contributed by atoms with van der Waals surface area (Å²) >= 11 is 0. The number of aliphatic hydroxyl groups excluding tert-OH is 1. The van der Waals surface area contributed by atoms with Crippen molar-refractivity contribution in [2.45, 2.75) is 50.6 Å². The molecule has 2 nitrogen and oxygen atoms in total. The van der Waals surface area contributed by atoms with E-state index in [1.54, 1.807) is 0 Å². The second kappa shape index (κ2) is 7.96. The lowest BCUT2D eigenvalue weighted by atomic mass is 9.75. The van der Waals surface area contributed by atoms with Crippen LogP contribution in [0.1, 0.15) is 49.7 Å². The summed E-state index contributed by atoms with van der Waals surface area (Å²) in [7, 11) is 0. The van der Waals surface area contributed by atoms with E-state index in [0.717, 1.165) is 12.8 Å². The fraction of sp³-hybridized carbons (Fsp3) is 0.455. The Balaban J connectivity index is 2.01. The van der Waals surface area contributed by atoms with Crippen molar-refractivity contribution >= 4 is 0 Å². The molecule has 2 aromatic carbocycles. The van der Waals surface area contributed by atoms with Gasteiger partial charge < -0.3 is 10.4 Å². The number of hydrogen-bond donors (Lipinski definition) is 2. The molecule has 1 fully saturated rings. The van der Waals surface area contributed by atoms with Crippen LogP contribution in [-0.4, -0.2) is 23.8 Å². The van der Waals surface area contributed by atoms with E-state index in [-0.39, 0.29) is 6.61 Å². The second-order valence-electron chi connectivity index (χ2n) is 7.28. The van der Waals surface area contributed by atoms with Crippen LogP contribution in [0.5, 0.6) is 0 Å². The summed E-state index contributed by atoms with van der Waals surface area (Å²) in [4.78, 5) is 0. The third-order valence-electron chi connectivity index (χ3n) is 5.37. The molecule has 0 spiro atoms. The van der Waals surface area contributed by atoms with Gasteiger partial charge in [-0.15, -0.1) is 0 Å². The Hall–Kier alpha value is -1.64. The minimum Gasteiger partial charge on any atom is -0.396 e. The minimum absolute atomic E-state index is 0.266. The van der Waals surface area contributed by atoms with E-state index < -0.39 is 0 Å². The number of benzene rings is 2. The molecule has 1 aliphatic heterocycles. The van der Waals surface area contributed by atoms with Crippen molar-refractivity contribution in [2.75, 3.05) is 6.61 Å². The van der Waals surface area contributed by atoms with E-state index >= 15 is 0 Å². The van der Waals surface area contributed by atoms with Gasteiger partial charge in [-0.25, -0.2) is 0 Å². The Morgan fingerprint density at radius 3 is 1.92 bits per heavy atom. The zero-order valence-electron chi connectivity index (χ0n) is 14.7. The summed E-state index contributed by atoms with van der Waals surface area (Å²) in [6.45, 7) is 4.89. The van der Waals surface area contributed by atoms with Crippen LogP contribution in [0, 0.1) is 5.92 Å². The van der Waals surface area contributed by atoms with Crippen molar-refractivity contribution in [1.29, 1.82) is 0 Å². The number of hydrogen-bond acceptors (Lipinski definition) is 2. The molecule has 1 aliphatic rings. The van der Waals surface area contributed by atoms with E-state index in [1.807, 2.05) is 0 Å². The Labute approximate surface area is 145 Å². The molecule has 128 valence electrons. The first-order valence-corrected chi connectivity index (χ1v) is 9.19. The lowest BCUT2D eigenvalue weighted by Gasteiger charge is -2.28. The van der Waals surface area contributed by atoms with Gasteiger partial charge in [0, 0.05) is 30.5 Å². The Morgan fingerprint density at radius 1 is 0.875 bits per heavy atom. The normalized spacial score (nSPS) is 26.8. The zero-order chi connectivity index (χ0) is 16.9. The van der Waals surface area contributed by atoms with Crippen LogP contribution in [0.25, 0.3) is 0 Å². The standard InChI is InChI=1S/C22H29NO/c1-16(2)22-21(18-12-7-4-8-13-18)20(17-10-5-3-6-11-17)19(23-22)14-9-15-24/h3-8,10-13,16,19-24H,9,14-15H2,1-2H3/t19-,20-,21+,22+/m1/s1. The van der Waals surface area contributed by atoms with Crippen molar-refractivity contribution < 1.29 is 5.11 Å². The highest BCUT2D eigenvalue weighted by atomic mass is 16.2. The molecule has 0 saturated carbocycles. The van der Waals surface area contributed by atoms with Crippen LogP contribution in [0.2, 0.25) is 0 Å². The van der Waals surface area contributed by atoms with Gasteiger partial charge in [-0.2, -0.15) is 0 Å². The Kier molecular flexibility index (Phi) is 5.70. The van der Waals surface area contributed by atoms with E-state index in [0.29, 0.717) is 29.8 Å². The molecule has 0 amide bonds. The van der Waals surface area contributed by atoms with E-state index in [4.69, 9.17) is 0 Å². The van der Waals surface area contributed by atoms with E-state index in [2.05, 4.69) is 79.8 Å². The summed E-state index contributed by atoms with van der Waals surface area (Å²) in [6.07, 6.45) is 1.87.